The van der Waals surface area contributed by atoms with Gasteiger partial charge in [-0.3, -0.25) is 9.59 Å². The average Bonchev–Trinajstić information content (AvgIpc) is 2.86. The van der Waals surface area contributed by atoms with Gasteiger partial charge in [0.25, 0.3) is 0 Å². The number of thioether (sulfide) groups is 1. The molecule has 0 fully saturated rings. The molecule has 1 aliphatic heterocycles. The van der Waals surface area contributed by atoms with E-state index in [1.165, 1.54) is 30.6 Å². The van der Waals surface area contributed by atoms with Crippen LogP contribution >= 0.6 is 11.8 Å². The summed E-state index contributed by atoms with van der Waals surface area (Å²) in [6.45, 7) is 5.29. The Balaban J connectivity index is 2.20. The molecule has 1 aromatic heterocycles. The highest BCUT2D eigenvalue weighted by Gasteiger charge is 2.42. The van der Waals surface area contributed by atoms with E-state index < -0.39 is 4.87 Å². The summed E-state index contributed by atoms with van der Waals surface area (Å²) in [6, 6.07) is 0. The summed E-state index contributed by atoms with van der Waals surface area (Å²) >= 11 is 1.35. The van der Waals surface area contributed by atoms with Crippen molar-refractivity contribution in [2.45, 2.75) is 32.2 Å². The summed E-state index contributed by atoms with van der Waals surface area (Å²) in [5.41, 5.74) is 0. The zero-order valence-corrected chi connectivity index (χ0v) is 11.8. The molecule has 2 heterocycles. The second-order valence-electron chi connectivity index (χ2n) is 4.43. The molecular weight excluding hydrogens is 266 g/mol. The molecule has 0 aliphatic carbocycles. The monoisotopic (exact) mass is 281 g/mol. The Labute approximate surface area is 115 Å². The number of carbonyl (C=O) groups is 2. The SMILES string of the molecule is CC(=O)NC1=NN(C(C)=O)C(C)(Cn2ccnc2)S1. The number of aromatic nitrogens is 2. The summed E-state index contributed by atoms with van der Waals surface area (Å²) < 4.78 is 1.87. The fourth-order valence-electron chi connectivity index (χ4n) is 1.89. The number of hydrazone groups is 1. The Kier molecular flexibility index (Phi) is 3.61. The van der Waals surface area contributed by atoms with Gasteiger partial charge in [0.1, 0.15) is 4.87 Å². The van der Waals surface area contributed by atoms with Crippen molar-refractivity contribution in [2.75, 3.05) is 0 Å². The van der Waals surface area contributed by atoms with E-state index in [0.717, 1.165) is 0 Å². The van der Waals surface area contributed by atoms with Crippen molar-refractivity contribution in [3.63, 3.8) is 0 Å². The Morgan fingerprint density at radius 2 is 2.21 bits per heavy atom. The van der Waals surface area contributed by atoms with E-state index in [0.29, 0.717) is 11.7 Å². The third-order valence-corrected chi connectivity index (χ3v) is 3.69. The van der Waals surface area contributed by atoms with Crippen LogP contribution in [0.1, 0.15) is 20.8 Å². The molecule has 2 amide bonds. The van der Waals surface area contributed by atoms with Crippen molar-refractivity contribution in [1.82, 2.24) is 19.9 Å². The van der Waals surface area contributed by atoms with Crippen molar-refractivity contribution in [3.8, 4) is 0 Å². The molecule has 0 bridgehead atoms. The van der Waals surface area contributed by atoms with Crippen LogP contribution in [0.2, 0.25) is 0 Å². The number of hydrogen-bond acceptors (Lipinski definition) is 5. The third kappa shape index (κ3) is 2.95. The molecule has 0 aromatic carbocycles. The second-order valence-corrected chi connectivity index (χ2v) is 5.90. The summed E-state index contributed by atoms with van der Waals surface area (Å²) in [4.78, 5) is 26.2. The van der Waals surface area contributed by atoms with E-state index in [2.05, 4.69) is 15.4 Å². The summed E-state index contributed by atoms with van der Waals surface area (Å²) in [5.74, 6) is -0.378. The van der Waals surface area contributed by atoms with Gasteiger partial charge >= 0.3 is 0 Å². The number of rotatable bonds is 2. The Morgan fingerprint density at radius 1 is 1.47 bits per heavy atom. The number of nitrogens with one attached hydrogen (secondary N) is 1. The largest absolute Gasteiger partial charge is 0.334 e. The Bertz CT molecular complexity index is 527. The third-order valence-electron chi connectivity index (χ3n) is 2.57. The maximum Gasteiger partial charge on any atom is 0.241 e. The minimum atomic E-state index is -0.579. The van der Waals surface area contributed by atoms with Crippen LogP contribution < -0.4 is 5.32 Å². The van der Waals surface area contributed by atoms with E-state index in [4.69, 9.17) is 0 Å². The number of carbonyl (C=O) groups excluding carboxylic acids is 2. The highest BCUT2D eigenvalue weighted by atomic mass is 32.2. The summed E-state index contributed by atoms with van der Waals surface area (Å²) in [6.07, 6.45) is 5.18. The minimum Gasteiger partial charge on any atom is -0.334 e. The molecule has 1 N–H and O–H groups in total. The van der Waals surface area contributed by atoms with Crippen molar-refractivity contribution in [1.29, 1.82) is 0 Å². The number of amides is 2. The molecule has 1 aromatic rings. The predicted molar refractivity (Wildman–Crippen MR) is 72.0 cm³/mol. The first-order valence-electron chi connectivity index (χ1n) is 5.72. The van der Waals surface area contributed by atoms with Crippen LogP contribution in [0.25, 0.3) is 0 Å². The van der Waals surface area contributed by atoms with Crippen LogP contribution in [-0.4, -0.2) is 36.4 Å². The highest BCUT2D eigenvalue weighted by Crippen LogP contribution is 2.37. The van der Waals surface area contributed by atoms with Gasteiger partial charge in [-0.1, -0.05) is 11.8 Å². The normalized spacial score (nSPS) is 22.3. The lowest BCUT2D eigenvalue weighted by atomic mass is 10.3. The molecule has 1 unspecified atom stereocenters. The number of amidine groups is 1. The van der Waals surface area contributed by atoms with Gasteiger partial charge in [-0.25, -0.2) is 9.99 Å². The second kappa shape index (κ2) is 5.04. The van der Waals surface area contributed by atoms with E-state index in [9.17, 15) is 9.59 Å². The quantitative estimate of drug-likeness (QED) is 0.861. The Morgan fingerprint density at radius 3 is 2.74 bits per heavy atom. The van der Waals surface area contributed by atoms with Gasteiger partial charge in [0.15, 0.2) is 5.17 Å². The van der Waals surface area contributed by atoms with E-state index in [1.807, 2.05) is 17.7 Å². The first-order valence-corrected chi connectivity index (χ1v) is 6.54. The van der Waals surface area contributed by atoms with Crippen molar-refractivity contribution in [3.05, 3.63) is 18.7 Å². The van der Waals surface area contributed by atoms with Crippen LogP contribution in [0.4, 0.5) is 0 Å². The van der Waals surface area contributed by atoms with Crippen LogP contribution in [0.15, 0.2) is 23.8 Å². The smallest absolute Gasteiger partial charge is 0.241 e. The lowest BCUT2D eigenvalue weighted by Gasteiger charge is -2.30. The zero-order valence-electron chi connectivity index (χ0n) is 11.0. The lowest BCUT2D eigenvalue weighted by Crippen LogP contribution is -2.43. The first-order chi connectivity index (χ1) is 8.90. The molecule has 19 heavy (non-hydrogen) atoms. The van der Waals surface area contributed by atoms with E-state index in [1.54, 1.807) is 12.5 Å². The topological polar surface area (TPSA) is 79.6 Å². The van der Waals surface area contributed by atoms with Crippen molar-refractivity contribution < 1.29 is 9.59 Å². The molecule has 8 heteroatoms. The van der Waals surface area contributed by atoms with Gasteiger partial charge in [0.2, 0.25) is 11.8 Å². The lowest BCUT2D eigenvalue weighted by molar-refractivity contribution is -0.132. The minimum absolute atomic E-state index is 0.171. The highest BCUT2D eigenvalue weighted by molar-refractivity contribution is 8.15. The maximum atomic E-state index is 11.7. The van der Waals surface area contributed by atoms with Crippen molar-refractivity contribution in [2.24, 2.45) is 5.10 Å². The molecule has 0 saturated carbocycles. The fourth-order valence-corrected chi connectivity index (χ4v) is 3.09. The molecule has 0 radical (unpaired) electrons. The molecule has 1 aliphatic rings. The van der Waals surface area contributed by atoms with Crippen molar-refractivity contribution >= 4 is 28.7 Å². The van der Waals surface area contributed by atoms with Gasteiger partial charge in [-0.2, -0.15) is 0 Å². The summed E-state index contributed by atoms with van der Waals surface area (Å²) in [7, 11) is 0. The van der Waals surface area contributed by atoms with Gasteiger partial charge < -0.3 is 9.88 Å². The van der Waals surface area contributed by atoms with Gasteiger partial charge in [0, 0.05) is 26.2 Å². The molecule has 0 saturated heterocycles. The number of nitrogens with zero attached hydrogens (tertiary/aromatic N) is 4. The predicted octanol–water partition coefficient (Wildman–Crippen LogP) is 0.602. The van der Waals surface area contributed by atoms with E-state index >= 15 is 0 Å². The first kappa shape index (κ1) is 13.6. The maximum absolute atomic E-state index is 11.7. The van der Waals surface area contributed by atoms with Crippen LogP contribution in [0.5, 0.6) is 0 Å². The van der Waals surface area contributed by atoms with Crippen LogP contribution in [0, 0.1) is 0 Å². The molecule has 2 rings (SSSR count). The van der Waals surface area contributed by atoms with Crippen LogP contribution in [0.3, 0.4) is 0 Å². The molecule has 1 atom stereocenters. The van der Waals surface area contributed by atoms with E-state index in [-0.39, 0.29) is 11.8 Å². The zero-order chi connectivity index (χ0) is 14.0. The number of imidazole rings is 1. The molecule has 7 nitrogen and oxygen atoms in total. The molecular formula is C11H15N5O2S. The number of hydrogen-bond donors (Lipinski definition) is 1. The standard InChI is InChI=1S/C11H15N5O2S/c1-8(17)13-10-14-16(9(2)18)11(3,19-10)6-15-5-4-12-7-15/h4-5,7H,6H2,1-3H3,(H,13,14,17). The molecule has 102 valence electrons. The Hall–Kier alpha value is -1.83. The summed E-state index contributed by atoms with van der Waals surface area (Å²) in [5, 5.41) is 8.60. The average molecular weight is 281 g/mol. The fraction of sp³-hybridized carbons (Fsp3) is 0.455. The van der Waals surface area contributed by atoms with Crippen LogP contribution in [-0.2, 0) is 16.1 Å². The van der Waals surface area contributed by atoms with Gasteiger partial charge in [-0.05, 0) is 6.92 Å². The molecule has 0 spiro atoms. The van der Waals surface area contributed by atoms with Gasteiger partial charge in [-0.15, -0.1) is 5.10 Å². The van der Waals surface area contributed by atoms with Gasteiger partial charge in [0.05, 0.1) is 12.9 Å².